The highest BCUT2D eigenvalue weighted by Gasteiger charge is 2.43. The fourth-order valence-corrected chi connectivity index (χ4v) is 3.05. The van der Waals surface area contributed by atoms with Crippen LogP contribution in [0.25, 0.3) is 0 Å². The summed E-state index contributed by atoms with van der Waals surface area (Å²) >= 11 is 0. The minimum absolute atomic E-state index is 0.000652. The number of piperidine rings is 1. The van der Waals surface area contributed by atoms with Crippen LogP contribution in [-0.2, 0) is 14.4 Å². The minimum Gasteiger partial charge on any atom is -0.481 e. The SMILES string of the molecule is CC(=O)N1CCCC(C(=O)N2CCC(C)(C(=O)O)C2)C1. The fraction of sp³-hybridized carbons (Fsp3) is 0.786. The molecule has 0 spiro atoms. The highest BCUT2D eigenvalue weighted by Crippen LogP contribution is 2.32. The Morgan fingerprint density at radius 1 is 1.20 bits per heavy atom. The lowest BCUT2D eigenvalue weighted by molar-refractivity contribution is -0.147. The molecule has 0 saturated carbocycles. The molecule has 1 N–H and O–H groups in total. The summed E-state index contributed by atoms with van der Waals surface area (Å²) in [5, 5.41) is 9.21. The van der Waals surface area contributed by atoms with Gasteiger partial charge >= 0.3 is 5.97 Å². The Bertz CT molecular complexity index is 433. The van der Waals surface area contributed by atoms with E-state index in [9.17, 15) is 19.5 Å². The molecule has 2 atom stereocenters. The molecule has 6 nitrogen and oxygen atoms in total. The number of carboxylic acids is 1. The van der Waals surface area contributed by atoms with Crippen molar-refractivity contribution in [2.45, 2.75) is 33.1 Å². The average molecular weight is 282 g/mol. The zero-order valence-corrected chi connectivity index (χ0v) is 12.1. The van der Waals surface area contributed by atoms with E-state index in [1.165, 1.54) is 6.92 Å². The van der Waals surface area contributed by atoms with Gasteiger partial charge in [0.25, 0.3) is 0 Å². The molecule has 2 heterocycles. The van der Waals surface area contributed by atoms with Crippen LogP contribution < -0.4 is 0 Å². The summed E-state index contributed by atoms with van der Waals surface area (Å²) < 4.78 is 0. The van der Waals surface area contributed by atoms with Crippen molar-refractivity contribution in [1.82, 2.24) is 9.80 Å². The van der Waals surface area contributed by atoms with E-state index in [0.717, 1.165) is 12.8 Å². The van der Waals surface area contributed by atoms with E-state index in [2.05, 4.69) is 0 Å². The predicted molar refractivity (Wildman–Crippen MR) is 71.9 cm³/mol. The molecule has 2 aliphatic rings. The minimum atomic E-state index is -0.846. The number of carbonyl (C=O) groups excluding carboxylic acids is 2. The lowest BCUT2D eigenvalue weighted by Gasteiger charge is -2.33. The van der Waals surface area contributed by atoms with E-state index in [-0.39, 0.29) is 24.3 Å². The van der Waals surface area contributed by atoms with E-state index < -0.39 is 11.4 Å². The molecule has 2 rings (SSSR count). The normalized spacial score (nSPS) is 30.4. The van der Waals surface area contributed by atoms with Crippen molar-refractivity contribution in [3.8, 4) is 0 Å². The van der Waals surface area contributed by atoms with E-state index in [4.69, 9.17) is 0 Å². The van der Waals surface area contributed by atoms with Gasteiger partial charge in [-0.1, -0.05) is 0 Å². The molecule has 2 fully saturated rings. The van der Waals surface area contributed by atoms with Crippen molar-refractivity contribution in [3.05, 3.63) is 0 Å². The molecule has 0 aromatic rings. The molecule has 0 bridgehead atoms. The van der Waals surface area contributed by atoms with Crippen molar-refractivity contribution < 1.29 is 19.5 Å². The number of amides is 2. The summed E-state index contributed by atoms with van der Waals surface area (Å²) in [6, 6.07) is 0. The maximum absolute atomic E-state index is 12.5. The van der Waals surface area contributed by atoms with Gasteiger partial charge < -0.3 is 14.9 Å². The molecule has 0 aliphatic carbocycles. The van der Waals surface area contributed by atoms with Crippen molar-refractivity contribution in [2.75, 3.05) is 26.2 Å². The number of hydrogen-bond acceptors (Lipinski definition) is 3. The first kappa shape index (κ1) is 14.8. The van der Waals surface area contributed by atoms with Gasteiger partial charge in [-0.15, -0.1) is 0 Å². The first-order valence-corrected chi connectivity index (χ1v) is 7.11. The quantitative estimate of drug-likeness (QED) is 0.803. The molecule has 20 heavy (non-hydrogen) atoms. The standard InChI is InChI=1S/C14H22N2O4/c1-10(17)15-6-3-4-11(8-15)12(18)16-7-5-14(2,9-16)13(19)20/h11H,3-9H2,1-2H3,(H,19,20). The van der Waals surface area contributed by atoms with Crippen molar-refractivity contribution in [1.29, 1.82) is 0 Å². The van der Waals surface area contributed by atoms with E-state index in [1.54, 1.807) is 16.7 Å². The van der Waals surface area contributed by atoms with Gasteiger partial charge in [0.15, 0.2) is 0 Å². The number of aliphatic carboxylic acids is 1. The van der Waals surface area contributed by atoms with Gasteiger partial charge in [-0.2, -0.15) is 0 Å². The van der Waals surface area contributed by atoms with Crippen molar-refractivity contribution >= 4 is 17.8 Å². The Kier molecular flexibility index (Phi) is 4.01. The van der Waals surface area contributed by atoms with Crippen molar-refractivity contribution in [2.24, 2.45) is 11.3 Å². The molecule has 2 unspecified atom stereocenters. The van der Waals surface area contributed by atoms with Gasteiger partial charge in [0.1, 0.15) is 0 Å². The summed E-state index contributed by atoms with van der Waals surface area (Å²) in [6.07, 6.45) is 2.11. The molecule has 0 aromatic carbocycles. The lowest BCUT2D eigenvalue weighted by atomic mass is 9.90. The zero-order valence-electron chi connectivity index (χ0n) is 12.1. The van der Waals surface area contributed by atoms with Crippen LogP contribution in [0, 0.1) is 11.3 Å². The van der Waals surface area contributed by atoms with Crippen LogP contribution in [0.4, 0.5) is 0 Å². The third-order valence-electron chi connectivity index (χ3n) is 4.52. The number of carboxylic acid groups (broad SMARTS) is 1. The summed E-state index contributed by atoms with van der Waals surface area (Å²) in [7, 11) is 0. The summed E-state index contributed by atoms with van der Waals surface area (Å²) in [4.78, 5) is 38.5. The van der Waals surface area contributed by atoms with Gasteiger partial charge in [-0.05, 0) is 26.2 Å². The van der Waals surface area contributed by atoms with Crippen LogP contribution in [0.1, 0.15) is 33.1 Å². The molecule has 2 amide bonds. The Morgan fingerprint density at radius 3 is 2.45 bits per heavy atom. The smallest absolute Gasteiger partial charge is 0.311 e. The van der Waals surface area contributed by atoms with Crippen LogP contribution in [0.15, 0.2) is 0 Å². The Hall–Kier alpha value is -1.59. The molecular weight excluding hydrogens is 260 g/mol. The van der Waals surface area contributed by atoms with Crippen LogP contribution in [0.2, 0.25) is 0 Å². The predicted octanol–water partition coefficient (Wildman–Crippen LogP) is 0.568. The molecule has 0 radical (unpaired) electrons. The van der Waals surface area contributed by atoms with Gasteiger partial charge in [0.05, 0.1) is 11.3 Å². The van der Waals surface area contributed by atoms with Crippen LogP contribution in [0.5, 0.6) is 0 Å². The Labute approximate surface area is 118 Å². The summed E-state index contributed by atoms with van der Waals surface area (Å²) in [5.41, 5.74) is -0.829. The van der Waals surface area contributed by atoms with Crippen LogP contribution in [0.3, 0.4) is 0 Å². The van der Waals surface area contributed by atoms with Gasteiger partial charge in [0, 0.05) is 33.1 Å². The summed E-state index contributed by atoms with van der Waals surface area (Å²) in [5.74, 6) is -1.02. The fourth-order valence-electron chi connectivity index (χ4n) is 3.05. The zero-order chi connectivity index (χ0) is 14.9. The number of hydrogen-bond donors (Lipinski definition) is 1. The van der Waals surface area contributed by atoms with Gasteiger partial charge in [-0.3, -0.25) is 14.4 Å². The second-order valence-corrected chi connectivity index (χ2v) is 6.18. The first-order chi connectivity index (χ1) is 9.33. The number of carbonyl (C=O) groups is 3. The number of likely N-dealkylation sites (tertiary alicyclic amines) is 2. The Morgan fingerprint density at radius 2 is 1.90 bits per heavy atom. The third-order valence-corrected chi connectivity index (χ3v) is 4.52. The number of nitrogens with zero attached hydrogens (tertiary/aromatic N) is 2. The van der Waals surface area contributed by atoms with E-state index in [1.807, 2.05) is 0 Å². The van der Waals surface area contributed by atoms with E-state index in [0.29, 0.717) is 26.1 Å². The number of rotatable bonds is 2. The molecular formula is C14H22N2O4. The first-order valence-electron chi connectivity index (χ1n) is 7.11. The second-order valence-electron chi connectivity index (χ2n) is 6.18. The molecule has 6 heteroatoms. The second kappa shape index (κ2) is 5.42. The monoisotopic (exact) mass is 282 g/mol. The third kappa shape index (κ3) is 2.78. The van der Waals surface area contributed by atoms with Gasteiger partial charge in [0.2, 0.25) is 11.8 Å². The van der Waals surface area contributed by atoms with Gasteiger partial charge in [-0.25, -0.2) is 0 Å². The highest BCUT2D eigenvalue weighted by atomic mass is 16.4. The Balaban J connectivity index is 1.98. The molecule has 2 aliphatic heterocycles. The highest BCUT2D eigenvalue weighted by molar-refractivity contribution is 5.83. The maximum Gasteiger partial charge on any atom is 0.311 e. The maximum atomic E-state index is 12.5. The largest absolute Gasteiger partial charge is 0.481 e. The van der Waals surface area contributed by atoms with Crippen molar-refractivity contribution in [3.63, 3.8) is 0 Å². The molecule has 112 valence electrons. The summed E-state index contributed by atoms with van der Waals surface area (Å²) in [6.45, 7) is 5.16. The topological polar surface area (TPSA) is 77.9 Å². The lowest BCUT2D eigenvalue weighted by Crippen LogP contribution is -2.46. The molecule has 0 aromatic heterocycles. The van der Waals surface area contributed by atoms with E-state index >= 15 is 0 Å². The molecule has 2 saturated heterocycles. The van der Waals surface area contributed by atoms with Crippen LogP contribution >= 0.6 is 0 Å². The van der Waals surface area contributed by atoms with Crippen LogP contribution in [-0.4, -0.2) is 58.9 Å². The average Bonchev–Trinajstić information content (AvgIpc) is 2.82.